The van der Waals surface area contributed by atoms with Crippen LogP contribution in [0.4, 0.5) is 0 Å². The predicted octanol–water partition coefficient (Wildman–Crippen LogP) is 2.05. The van der Waals surface area contributed by atoms with E-state index in [0.29, 0.717) is 12.0 Å². The molecule has 2 atom stereocenters. The van der Waals surface area contributed by atoms with E-state index in [-0.39, 0.29) is 0 Å². The lowest BCUT2D eigenvalue weighted by Gasteiger charge is -2.11. The highest BCUT2D eigenvalue weighted by Gasteiger charge is 2.27. The smallest absolute Gasteiger partial charge is 0.159 e. The van der Waals surface area contributed by atoms with Gasteiger partial charge in [-0.05, 0) is 38.3 Å². The quantitative estimate of drug-likeness (QED) is 0.859. The molecule has 2 N–H and O–H groups in total. The average molecular weight is 230 g/mol. The number of imidazole rings is 1. The molecule has 0 bridgehead atoms. The number of nitrogens with zero attached hydrogens (tertiary/aromatic N) is 3. The summed E-state index contributed by atoms with van der Waals surface area (Å²) in [5.74, 6) is 1.69. The first kappa shape index (κ1) is 10.7. The summed E-state index contributed by atoms with van der Waals surface area (Å²) >= 11 is 0. The molecule has 0 spiro atoms. The monoisotopic (exact) mass is 230 g/mol. The number of hydrogen-bond donors (Lipinski definition) is 1. The average Bonchev–Trinajstić information content (AvgIpc) is 2.91. The number of aromatic nitrogens is 3. The van der Waals surface area contributed by atoms with Crippen molar-refractivity contribution in [3.05, 3.63) is 24.2 Å². The van der Waals surface area contributed by atoms with Gasteiger partial charge in [0.25, 0.3) is 0 Å². The largest absolute Gasteiger partial charge is 0.328 e. The van der Waals surface area contributed by atoms with Crippen LogP contribution in [0.15, 0.2) is 18.3 Å². The summed E-state index contributed by atoms with van der Waals surface area (Å²) < 4.78 is 2.23. The Labute approximate surface area is 101 Å². The highest BCUT2D eigenvalue weighted by Crippen LogP contribution is 2.34. The van der Waals surface area contributed by atoms with Crippen LogP contribution in [-0.4, -0.2) is 20.6 Å². The van der Waals surface area contributed by atoms with Crippen molar-refractivity contribution in [2.45, 2.75) is 44.7 Å². The van der Waals surface area contributed by atoms with Crippen molar-refractivity contribution in [2.24, 2.45) is 5.73 Å². The second kappa shape index (κ2) is 4.11. The van der Waals surface area contributed by atoms with Crippen molar-refractivity contribution < 1.29 is 0 Å². The zero-order chi connectivity index (χ0) is 11.8. The van der Waals surface area contributed by atoms with E-state index in [9.17, 15) is 0 Å². The molecule has 17 heavy (non-hydrogen) atoms. The van der Waals surface area contributed by atoms with Gasteiger partial charge < -0.3 is 10.3 Å². The molecule has 4 nitrogen and oxygen atoms in total. The van der Waals surface area contributed by atoms with Gasteiger partial charge in [0.2, 0.25) is 0 Å². The van der Waals surface area contributed by atoms with Gasteiger partial charge in [-0.3, -0.25) is 0 Å². The van der Waals surface area contributed by atoms with Gasteiger partial charge in [0.15, 0.2) is 5.65 Å². The van der Waals surface area contributed by atoms with Crippen LogP contribution in [0, 0.1) is 0 Å². The Morgan fingerprint density at radius 2 is 2.35 bits per heavy atom. The molecule has 2 aromatic heterocycles. The van der Waals surface area contributed by atoms with Crippen molar-refractivity contribution in [2.75, 3.05) is 0 Å². The summed E-state index contributed by atoms with van der Waals surface area (Å²) in [6.45, 7) is 3.07. The molecule has 3 rings (SSSR count). The highest BCUT2D eigenvalue weighted by molar-refractivity contribution is 5.71. The van der Waals surface area contributed by atoms with E-state index in [4.69, 9.17) is 10.7 Å². The van der Waals surface area contributed by atoms with Gasteiger partial charge in [0, 0.05) is 24.7 Å². The first-order valence-corrected chi connectivity index (χ1v) is 6.36. The lowest BCUT2D eigenvalue weighted by molar-refractivity contribution is 0.596. The molecule has 0 saturated heterocycles. The second-order valence-electron chi connectivity index (χ2n) is 4.83. The zero-order valence-corrected chi connectivity index (χ0v) is 10.1. The van der Waals surface area contributed by atoms with Crippen LogP contribution < -0.4 is 5.73 Å². The minimum Gasteiger partial charge on any atom is -0.328 e. The fraction of sp³-hybridized carbons (Fsp3) is 0.538. The van der Waals surface area contributed by atoms with Crippen LogP contribution >= 0.6 is 0 Å². The van der Waals surface area contributed by atoms with E-state index in [1.165, 1.54) is 5.82 Å². The number of rotatable bonds is 2. The molecule has 0 unspecified atom stereocenters. The van der Waals surface area contributed by atoms with Gasteiger partial charge in [-0.15, -0.1) is 0 Å². The second-order valence-corrected chi connectivity index (χ2v) is 4.83. The van der Waals surface area contributed by atoms with Crippen LogP contribution in [0.5, 0.6) is 0 Å². The molecule has 0 radical (unpaired) electrons. The number of hydrogen-bond acceptors (Lipinski definition) is 3. The first-order valence-electron chi connectivity index (χ1n) is 6.36. The maximum atomic E-state index is 6.00. The van der Waals surface area contributed by atoms with Gasteiger partial charge in [-0.25, -0.2) is 9.97 Å². The standard InChI is InChI=1S/C13H18N4/c1-2-17-12(9-5-6-10(14)8-9)16-11-4-3-7-15-13(11)17/h3-4,7,9-10H,2,5-6,8,14H2,1H3/t9-,10+/m1/s1. The lowest BCUT2D eigenvalue weighted by atomic mass is 10.1. The maximum absolute atomic E-state index is 6.00. The molecule has 1 aliphatic rings. The normalized spacial score (nSPS) is 24.6. The number of aryl methyl sites for hydroxylation is 1. The van der Waals surface area contributed by atoms with Crippen molar-refractivity contribution in [3.8, 4) is 0 Å². The Morgan fingerprint density at radius 1 is 1.47 bits per heavy atom. The number of fused-ring (bicyclic) bond motifs is 1. The molecule has 90 valence electrons. The van der Waals surface area contributed by atoms with Crippen LogP contribution in [0.3, 0.4) is 0 Å². The molecular formula is C13H18N4. The van der Waals surface area contributed by atoms with Crippen LogP contribution in [-0.2, 0) is 6.54 Å². The predicted molar refractivity (Wildman–Crippen MR) is 67.8 cm³/mol. The Bertz CT molecular complexity index is 531. The highest BCUT2D eigenvalue weighted by atomic mass is 15.1. The molecule has 1 saturated carbocycles. The molecule has 0 aromatic carbocycles. The Hall–Kier alpha value is -1.42. The summed E-state index contributed by atoms with van der Waals surface area (Å²) in [6, 6.07) is 4.32. The molecule has 4 heteroatoms. The Kier molecular flexibility index (Phi) is 2.59. The summed E-state index contributed by atoms with van der Waals surface area (Å²) in [7, 11) is 0. The third kappa shape index (κ3) is 1.72. The van der Waals surface area contributed by atoms with Gasteiger partial charge in [-0.1, -0.05) is 0 Å². The maximum Gasteiger partial charge on any atom is 0.159 e. The minimum atomic E-state index is 0.345. The van der Waals surface area contributed by atoms with E-state index in [1.54, 1.807) is 0 Å². The van der Waals surface area contributed by atoms with Crippen LogP contribution in [0.25, 0.3) is 11.2 Å². The summed E-state index contributed by atoms with van der Waals surface area (Å²) in [5.41, 5.74) is 8.01. The summed E-state index contributed by atoms with van der Waals surface area (Å²) in [4.78, 5) is 9.18. The first-order chi connectivity index (χ1) is 8.29. The molecule has 0 amide bonds. The summed E-state index contributed by atoms with van der Waals surface area (Å²) in [5, 5.41) is 0. The number of pyridine rings is 1. The SMILES string of the molecule is CCn1c([C@@H]2CC[C@H](N)C2)nc2cccnc21. The molecule has 0 aliphatic heterocycles. The van der Waals surface area contributed by atoms with E-state index >= 15 is 0 Å². The third-order valence-corrected chi connectivity index (χ3v) is 3.69. The van der Waals surface area contributed by atoms with Crippen molar-refractivity contribution >= 4 is 11.2 Å². The van der Waals surface area contributed by atoms with E-state index in [0.717, 1.165) is 37.0 Å². The molecular weight excluding hydrogens is 212 g/mol. The fourth-order valence-corrected chi connectivity index (χ4v) is 2.85. The molecule has 1 aliphatic carbocycles. The van der Waals surface area contributed by atoms with E-state index in [1.807, 2.05) is 18.3 Å². The molecule has 1 fully saturated rings. The van der Waals surface area contributed by atoms with Crippen LogP contribution in [0.1, 0.15) is 37.9 Å². The van der Waals surface area contributed by atoms with Crippen LogP contribution in [0.2, 0.25) is 0 Å². The van der Waals surface area contributed by atoms with Crippen molar-refractivity contribution in [1.29, 1.82) is 0 Å². The van der Waals surface area contributed by atoms with Gasteiger partial charge in [-0.2, -0.15) is 0 Å². The molecule has 2 aromatic rings. The lowest BCUT2D eigenvalue weighted by Crippen LogP contribution is -2.15. The Morgan fingerprint density at radius 3 is 3.06 bits per heavy atom. The van der Waals surface area contributed by atoms with E-state index < -0.39 is 0 Å². The molecule has 2 heterocycles. The summed E-state index contributed by atoms with van der Waals surface area (Å²) in [6.07, 6.45) is 5.17. The van der Waals surface area contributed by atoms with Crippen molar-refractivity contribution in [1.82, 2.24) is 14.5 Å². The van der Waals surface area contributed by atoms with Gasteiger partial charge in [0.1, 0.15) is 11.3 Å². The van der Waals surface area contributed by atoms with E-state index in [2.05, 4.69) is 16.5 Å². The van der Waals surface area contributed by atoms with Crippen molar-refractivity contribution in [3.63, 3.8) is 0 Å². The topological polar surface area (TPSA) is 56.7 Å². The zero-order valence-electron chi connectivity index (χ0n) is 10.1. The van der Waals surface area contributed by atoms with Gasteiger partial charge >= 0.3 is 0 Å². The Balaban J connectivity index is 2.09. The number of nitrogens with two attached hydrogens (primary N) is 1. The minimum absolute atomic E-state index is 0.345. The van der Waals surface area contributed by atoms with Gasteiger partial charge in [0.05, 0.1) is 0 Å². The third-order valence-electron chi connectivity index (χ3n) is 3.69. The fourth-order valence-electron chi connectivity index (χ4n) is 2.85.